The highest BCUT2D eigenvalue weighted by Crippen LogP contribution is 2.17. The summed E-state index contributed by atoms with van der Waals surface area (Å²) in [5, 5.41) is 10.6. The predicted octanol–water partition coefficient (Wildman–Crippen LogP) is 2.52. The molecule has 0 aliphatic rings. The molecule has 0 radical (unpaired) electrons. The minimum absolute atomic E-state index is 0.00805. The highest BCUT2D eigenvalue weighted by atomic mass is 32.1. The Labute approximate surface area is 169 Å². The first kappa shape index (κ1) is 19.2. The number of anilines is 2. The lowest BCUT2D eigenvalue weighted by atomic mass is 10.4. The van der Waals surface area contributed by atoms with Crippen molar-refractivity contribution < 1.29 is 18.4 Å². The Hall–Kier alpha value is -3.57. The van der Waals surface area contributed by atoms with Crippen molar-refractivity contribution in [3.8, 4) is 0 Å². The molecular formula is C17H13N5O4S2. The van der Waals surface area contributed by atoms with Crippen molar-refractivity contribution in [3.05, 3.63) is 66.6 Å². The van der Waals surface area contributed by atoms with Gasteiger partial charge in [0.15, 0.2) is 27.6 Å². The number of carbonyl (C=O) groups excluding carboxylic acids is 2. The summed E-state index contributed by atoms with van der Waals surface area (Å²) in [4.78, 5) is 28.1. The van der Waals surface area contributed by atoms with E-state index in [0.717, 1.165) is 0 Å². The fourth-order valence-corrected chi connectivity index (χ4v) is 2.44. The third kappa shape index (κ3) is 4.99. The molecule has 9 nitrogen and oxygen atoms in total. The first-order valence-corrected chi connectivity index (χ1v) is 8.61. The molecule has 0 bridgehead atoms. The van der Waals surface area contributed by atoms with Crippen LogP contribution in [0.25, 0.3) is 0 Å². The van der Waals surface area contributed by atoms with Gasteiger partial charge in [-0.15, -0.1) is 0 Å². The Morgan fingerprint density at radius 2 is 1.39 bits per heavy atom. The number of thiocarbonyl (C=S) groups is 2. The van der Waals surface area contributed by atoms with Gasteiger partial charge in [0.1, 0.15) is 0 Å². The SMILES string of the molecule is O=C(NC(=S)Nc1cccnc1NC(=S)NC(=O)c1ccco1)c1ccco1. The summed E-state index contributed by atoms with van der Waals surface area (Å²) in [5.41, 5.74) is 0.432. The van der Waals surface area contributed by atoms with Crippen LogP contribution < -0.4 is 21.3 Å². The van der Waals surface area contributed by atoms with E-state index in [1.165, 1.54) is 30.9 Å². The van der Waals surface area contributed by atoms with Crippen molar-refractivity contribution in [2.24, 2.45) is 0 Å². The Bertz CT molecular complexity index is 921. The summed E-state index contributed by atoms with van der Waals surface area (Å²) in [6, 6.07) is 9.52. The first-order chi connectivity index (χ1) is 13.5. The number of hydrogen-bond acceptors (Lipinski definition) is 7. The summed E-state index contributed by atoms with van der Waals surface area (Å²) in [6.07, 6.45) is 4.28. The largest absolute Gasteiger partial charge is 0.459 e. The number of hydrogen-bond donors (Lipinski definition) is 4. The smallest absolute Gasteiger partial charge is 0.293 e. The first-order valence-electron chi connectivity index (χ1n) is 7.79. The monoisotopic (exact) mass is 415 g/mol. The minimum Gasteiger partial charge on any atom is -0.459 e. The van der Waals surface area contributed by atoms with E-state index in [1.54, 1.807) is 24.3 Å². The average Bonchev–Trinajstić information content (AvgIpc) is 3.37. The molecule has 0 spiro atoms. The zero-order valence-electron chi connectivity index (χ0n) is 14.1. The van der Waals surface area contributed by atoms with Crippen LogP contribution in [0, 0.1) is 0 Å². The molecule has 0 aliphatic carbocycles. The summed E-state index contributed by atoms with van der Waals surface area (Å²) in [5.74, 6) is -0.473. The van der Waals surface area contributed by atoms with Gasteiger partial charge in [-0.05, 0) is 60.8 Å². The van der Waals surface area contributed by atoms with Gasteiger partial charge < -0.3 is 19.5 Å². The van der Waals surface area contributed by atoms with Gasteiger partial charge in [0, 0.05) is 6.20 Å². The van der Waals surface area contributed by atoms with E-state index in [2.05, 4.69) is 26.3 Å². The van der Waals surface area contributed by atoms with E-state index in [9.17, 15) is 9.59 Å². The summed E-state index contributed by atoms with van der Waals surface area (Å²) >= 11 is 10.2. The van der Waals surface area contributed by atoms with Crippen molar-refractivity contribution in [3.63, 3.8) is 0 Å². The second kappa shape index (κ2) is 8.88. The van der Waals surface area contributed by atoms with Gasteiger partial charge in [0.05, 0.1) is 18.2 Å². The van der Waals surface area contributed by atoms with E-state index >= 15 is 0 Å². The van der Waals surface area contributed by atoms with Gasteiger partial charge in [0.25, 0.3) is 11.8 Å². The Kier molecular flexibility index (Phi) is 6.09. The molecular weight excluding hydrogens is 402 g/mol. The van der Waals surface area contributed by atoms with E-state index in [4.69, 9.17) is 33.3 Å². The highest BCUT2D eigenvalue weighted by molar-refractivity contribution is 7.80. The van der Waals surface area contributed by atoms with Crippen LogP contribution in [0.4, 0.5) is 11.5 Å². The minimum atomic E-state index is -0.505. The molecule has 2 amide bonds. The molecule has 0 aromatic carbocycles. The molecule has 0 atom stereocenters. The van der Waals surface area contributed by atoms with Gasteiger partial charge in [-0.2, -0.15) is 0 Å². The lowest BCUT2D eigenvalue weighted by Gasteiger charge is -2.14. The lowest BCUT2D eigenvalue weighted by molar-refractivity contribution is 0.0943. The maximum Gasteiger partial charge on any atom is 0.293 e. The third-order valence-corrected chi connectivity index (χ3v) is 3.64. The van der Waals surface area contributed by atoms with Crippen LogP contribution in [0.15, 0.2) is 64.0 Å². The number of nitrogens with one attached hydrogen (secondary N) is 4. The number of pyridine rings is 1. The zero-order chi connectivity index (χ0) is 19.9. The Morgan fingerprint density at radius 1 is 0.821 bits per heavy atom. The number of nitrogens with zero attached hydrogens (tertiary/aromatic N) is 1. The number of rotatable bonds is 4. The molecule has 0 saturated carbocycles. The van der Waals surface area contributed by atoms with Crippen LogP contribution >= 0.6 is 24.4 Å². The van der Waals surface area contributed by atoms with Crippen molar-refractivity contribution in [1.82, 2.24) is 15.6 Å². The molecule has 3 aromatic rings. The molecule has 0 saturated heterocycles. The van der Waals surface area contributed by atoms with Crippen LogP contribution in [0.5, 0.6) is 0 Å². The molecule has 142 valence electrons. The number of carbonyl (C=O) groups is 2. The van der Waals surface area contributed by atoms with E-state index < -0.39 is 11.8 Å². The predicted molar refractivity (Wildman–Crippen MR) is 109 cm³/mol. The number of furan rings is 2. The summed E-state index contributed by atoms with van der Waals surface area (Å²) in [7, 11) is 0. The van der Waals surface area contributed by atoms with Crippen LogP contribution in [-0.4, -0.2) is 27.0 Å². The van der Waals surface area contributed by atoms with Crippen LogP contribution in [0.3, 0.4) is 0 Å². The van der Waals surface area contributed by atoms with Crippen LogP contribution in [0.2, 0.25) is 0 Å². The number of aromatic nitrogens is 1. The molecule has 28 heavy (non-hydrogen) atoms. The average molecular weight is 415 g/mol. The van der Waals surface area contributed by atoms with E-state index in [1.807, 2.05) is 0 Å². The van der Waals surface area contributed by atoms with Gasteiger partial charge in [-0.3, -0.25) is 20.2 Å². The standard InChI is InChI=1S/C17H13N5O4S2/c23-14(11-5-2-8-25-11)21-16(27)19-10-4-1-7-18-13(10)20-17(28)22-15(24)12-6-3-9-26-12/h1-9H,(H2,19,21,23,27)(H2,18,20,22,24,28). The topological polar surface area (TPSA) is 121 Å². The molecule has 3 aromatic heterocycles. The van der Waals surface area contributed by atoms with Crippen LogP contribution in [-0.2, 0) is 0 Å². The molecule has 0 fully saturated rings. The lowest BCUT2D eigenvalue weighted by Crippen LogP contribution is -2.36. The Balaban J connectivity index is 1.61. The maximum atomic E-state index is 12.0. The summed E-state index contributed by atoms with van der Waals surface area (Å²) in [6.45, 7) is 0. The van der Waals surface area contributed by atoms with Crippen molar-refractivity contribution >= 4 is 58.0 Å². The fraction of sp³-hybridized carbons (Fsp3) is 0. The normalized spacial score (nSPS) is 10.0. The maximum absolute atomic E-state index is 12.0. The molecule has 3 rings (SSSR count). The van der Waals surface area contributed by atoms with Gasteiger partial charge in [-0.1, -0.05) is 0 Å². The van der Waals surface area contributed by atoms with Crippen molar-refractivity contribution in [1.29, 1.82) is 0 Å². The van der Waals surface area contributed by atoms with Gasteiger partial charge in [-0.25, -0.2) is 4.98 Å². The van der Waals surface area contributed by atoms with E-state index in [0.29, 0.717) is 11.5 Å². The van der Waals surface area contributed by atoms with Gasteiger partial charge in [0.2, 0.25) is 0 Å². The molecule has 4 N–H and O–H groups in total. The third-order valence-electron chi connectivity index (χ3n) is 3.23. The van der Waals surface area contributed by atoms with Crippen molar-refractivity contribution in [2.75, 3.05) is 10.6 Å². The molecule has 0 unspecified atom stereocenters. The molecule has 11 heteroatoms. The quantitative estimate of drug-likeness (QED) is 0.476. The molecule has 0 aliphatic heterocycles. The fourth-order valence-electron chi connectivity index (χ4n) is 2.04. The summed E-state index contributed by atoms with van der Waals surface area (Å²) < 4.78 is 10.00. The van der Waals surface area contributed by atoms with E-state index in [-0.39, 0.29) is 21.7 Å². The van der Waals surface area contributed by atoms with Crippen molar-refractivity contribution in [2.45, 2.75) is 0 Å². The number of amides is 2. The zero-order valence-corrected chi connectivity index (χ0v) is 15.7. The highest BCUT2D eigenvalue weighted by Gasteiger charge is 2.14. The molecule has 3 heterocycles. The van der Waals surface area contributed by atoms with Gasteiger partial charge >= 0.3 is 0 Å². The second-order valence-electron chi connectivity index (χ2n) is 5.17. The van der Waals surface area contributed by atoms with Crippen LogP contribution in [0.1, 0.15) is 21.1 Å². The second-order valence-corrected chi connectivity index (χ2v) is 5.99. The Morgan fingerprint density at radius 3 is 1.93 bits per heavy atom.